The van der Waals surface area contributed by atoms with Crippen molar-refractivity contribution in [2.75, 3.05) is 30.4 Å². The third-order valence-corrected chi connectivity index (χ3v) is 5.64. The van der Waals surface area contributed by atoms with Crippen molar-refractivity contribution in [3.8, 4) is 0 Å². The number of nitrogens with one attached hydrogen (secondary N) is 1. The Bertz CT molecular complexity index is 685. The molecule has 1 aliphatic rings. The molecule has 22 heavy (non-hydrogen) atoms. The molecule has 120 valence electrons. The van der Waals surface area contributed by atoms with Crippen molar-refractivity contribution >= 4 is 27.2 Å². The Labute approximate surface area is 130 Å². The summed E-state index contributed by atoms with van der Waals surface area (Å²) in [6.45, 7) is 1.50. The van der Waals surface area contributed by atoms with Gasteiger partial charge in [-0.25, -0.2) is 8.42 Å². The Kier molecular flexibility index (Phi) is 4.85. The molecule has 1 amide bonds. The van der Waals surface area contributed by atoms with Gasteiger partial charge in [-0.05, 0) is 25.5 Å². The average molecular weight is 324 g/mol. The van der Waals surface area contributed by atoms with Crippen LogP contribution in [0.3, 0.4) is 0 Å². The summed E-state index contributed by atoms with van der Waals surface area (Å²) in [7, 11) is -1.40. The molecule has 1 aliphatic heterocycles. The number of rotatable bonds is 5. The van der Waals surface area contributed by atoms with Gasteiger partial charge in [0.2, 0.25) is 5.91 Å². The number of para-hydroxylation sites is 1. The van der Waals surface area contributed by atoms with Gasteiger partial charge in [0.1, 0.15) is 0 Å². The Hall–Kier alpha value is -1.89. The Balaban J connectivity index is 1.97. The highest BCUT2D eigenvalue weighted by atomic mass is 32.2. The number of nitrogens with zero attached hydrogens (tertiary/aromatic N) is 1. The molecule has 0 radical (unpaired) electrons. The molecule has 0 bridgehead atoms. The van der Waals surface area contributed by atoms with Gasteiger partial charge in [-0.1, -0.05) is 12.1 Å². The molecule has 1 aromatic rings. The quantitative estimate of drug-likeness (QED) is 0.815. The molecule has 1 saturated heterocycles. The Morgan fingerprint density at radius 3 is 2.59 bits per heavy atom. The number of carbonyl (C=O) groups is 2. The predicted octanol–water partition coefficient (Wildman–Crippen LogP) is 0.947. The number of likely N-dealkylation sites (N-methyl/N-ethyl adjacent to an activating group) is 1. The van der Waals surface area contributed by atoms with E-state index in [1.807, 2.05) is 0 Å². The van der Waals surface area contributed by atoms with E-state index >= 15 is 0 Å². The van der Waals surface area contributed by atoms with E-state index in [1.54, 1.807) is 31.3 Å². The maximum absolute atomic E-state index is 12.2. The van der Waals surface area contributed by atoms with Crippen LogP contribution in [0.2, 0.25) is 0 Å². The molecule has 0 spiro atoms. The van der Waals surface area contributed by atoms with Crippen molar-refractivity contribution in [2.24, 2.45) is 0 Å². The molecule has 1 fully saturated rings. The second-order valence-electron chi connectivity index (χ2n) is 5.52. The summed E-state index contributed by atoms with van der Waals surface area (Å²) in [5.74, 6) is -0.110. The molecule has 0 saturated carbocycles. The minimum atomic E-state index is -3.02. The van der Waals surface area contributed by atoms with Gasteiger partial charge in [-0.15, -0.1) is 0 Å². The van der Waals surface area contributed by atoms with E-state index in [9.17, 15) is 18.0 Å². The molecule has 0 unspecified atom stereocenters. The van der Waals surface area contributed by atoms with Gasteiger partial charge in [0.25, 0.3) is 0 Å². The van der Waals surface area contributed by atoms with Gasteiger partial charge in [0.15, 0.2) is 15.6 Å². The summed E-state index contributed by atoms with van der Waals surface area (Å²) in [4.78, 5) is 25.2. The lowest BCUT2D eigenvalue weighted by Crippen LogP contribution is -2.41. The first-order valence-electron chi connectivity index (χ1n) is 7.10. The number of Topliss-reactive ketones (excluding diaryl/α,β-unsaturated/α-hetero) is 1. The smallest absolute Gasteiger partial charge is 0.241 e. The van der Waals surface area contributed by atoms with Gasteiger partial charge in [0, 0.05) is 24.3 Å². The lowest BCUT2D eigenvalue weighted by molar-refractivity contribution is -0.129. The van der Waals surface area contributed by atoms with Crippen molar-refractivity contribution in [2.45, 2.75) is 19.4 Å². The number of sulfone groups is 1. The first-order valence-corrected chi connectivity index (χ1v) is 8.92. The van der Waals surface area contributed by atoms with Crippen molar-refractivity contribution in [1.29, 1.82) is 0 Å². The summed E-state index contributed by atoms with van der Waals surface area (Å²) in [5.41, 5.74) is 1.14. The molecule has 0 aromatic heterocycles. The third-order valence-electron chi connectivity index (χ3n) is 3.89. The van der Waals surface area contributed by atoms with Gasteiger partial charge >= 0.3 is 0 Å². The fraction of sp³-hybridized carbons (Fsp3) is 0.467. The van der Waals surface area contributed by atoms with Crippen LogP contribution in [0.4, 0.5) is 5.69 Å². The lowest BCUT2D eigenvalue weighted by atomic mass is 10.1. The molecule has 7 heteroatoms. The molecule has 1 N–H and O–H groups in total. The van der Waals surface area contributed by atoms with Crippen LogP contribution in [0.25, 0.3) is 0 Å². The first-order chi connectivity index (χ1) is 10.3. The van der Waals surface area contributed by atoms with Crippen LogP contribution in [-0.4, -0.2) is 56.1 Å². The fourth-order valence-electron chi connectivity index (χ4n) is 2.52. The van der Waals surface area contributed by atoms with Crippen LogP contribution in [0.15, 0.2) is 24.3 Å². The van der Waals surface area contributed by atoms with Crippen LogP contribution in [0.5, 0.6) is 0 Å². The number of amides is 1. The first kappa shape index (κ1) is 16.5. The number of carbonyl (C=O) groups excluding carboxylic acids is 2. The van der Waals surface area contributed by atoms with Crippen LogP contribution < -0.4 is 5.32 Å². The van der Waals surface area contributed by atoms with E-state index in [-0.39, 0.29) is 35.8 Å². The Morgan fingerprint density at radius 1 is 1.32 bits per heavy atom. The van der Waals surface area contributed by atoms with Gasteiger partial charge in [-0.2, -0.15) is 0 Å². The number of benzene rings is 1. The van der Waals surface area contributed by atoms with Crippen molar-refractivity contribution < 1.29 is 18.0 Å². The van der Waals surface area contributed by atoms with Crippen LogP contribution in [0.1, 0.15) is 23.7 Å². The zero-order valence-electron chi connectivity index (χ0n) is 12.7. The molecule has 2 rings (SSSR count). The standard InChI is InChI=1S/C15H20N2O4S/c1-11(18)13-5-3-4-6-14(13)16-9-15(19)17(2)12-7-8-22(20,21)10-12/h3-6,12,16H,7-10H2,1-2H3/t12-/m1/s1. The minimum absolute atomic E-state index is 0.0251. The zero-order chi connectivity index (χ0) is 16.3. The van der Waals surface area contributed by atoms with E-state index in [1.165, 1.54) is 11.8 Å². The van der Waals surface area contributed by atoms with E-state index in [0.29, 0.717) is 17.7 Å². The monoisotopic (exact) mass is 324 g/mol. The van der Waals surface area contributed by atoms with Crippen molar-refractivity contribution in [1.82, 2.24) is 4.90 Å². The Morgan fingerprint density at radius 2 is 2.00 bits per heavy atom. The van der Waals surface area contributed by atoms with Crippen LogP contribution >= 0.6 is 0 Å². The van der Waals surface area contributed by atoms with Gasteiger partial charge in [0.05, 0.1) is 18.1 Å². The highest BCUT2D eigenvalue weighted by Gasteiger charge is 2.32. The molecule has 1 aromatic carbocycles. The zero-order valence-corrected chi connectivity index (χ0v) is 13.5. The van der Waals surface area contributed by atoms with E-state index in [0.717, 1.165) is 0 Å². The highest BCUT2D eigenvalue weighted by Crippen LogP contribution is 2.18. The number of ketones is 1. The molecule has 1 heterocycles. The number of hydrogen-bond donors (Lipinski definition) is 1. The van der Waals surface area contributed by atoms with Crippen molar-refractivity contribution in [3.05, 3.63) is 29.8 Å². The van der Waals surface area contributed by atoms with Crippen LogP contribution in [0, 0.1) is 0 Å². The summed E-state index contributed by atoms with van der Waals surface area (Å²) in [6.07, 6.45) is 0.481. The number of hydrogen-bond acceptors (Lipinski definition) is 5. The summed E-state index contributed by atoms with van der Waals surface area (Å²) < 4.78 is 23.0. The highest BCUT2D eigenvalue weighted by molar-refractivity contribution is 7.91. The molecule has 0 aliphatic carbocycles. The van der Waals surface area contributed by atoms with Crippen molar-refractivity contribution in [3.63, 3.8) is 0 Å². The SMILES string of the molecule is CC(=O)c1ccccc1NCC(=O)N(C)[C@@H]1CCS(=O)(=O)C1. The fourth-order valence-corrected chi connectivity index (χ4v) is 4.30. The maximum Gasteiger partial charge on any atom is 0.241 e. The summed E-state index contributed by atoms with van der Waals surface area (Å²) in [5, 5.41) is 2.96. The summed E-state index contributed by atoms with van der Waals surface area (Å²) >= 11 is 0. The van der Waals surface area contributed by atoms with Crippen LogP contribution in [-0.2, 0) is 14.6 Å². The normalized spacial score (nSPS) is 19.6. The van der Waals surface area contributed by atoms with Gasteiger partial charge in [-0.3, -0.25) is 9.59 Å². The molecule has 6 nitrogen and oxygen atoms in total. The van der Waals surface area contributed by atoms with Gasteiger partial charge < -0.3 is 10.2 Å². The summed E-state index contributed by atoms with van der Waals surface area (Å²) in [6, 6.07) is 6.72. The second kappa shape index (κ2) is 6.48. The molecule has 1 atom stereocenters. The largest absolute Gasteiger partial charge is 0.376 e. The predicted molar refractivity (Wildman–Crippen MR) is 84.8 cm³/mol. The lowest BCUT2D eigenvalue weighted by Gasteiger charge is -2.24. The number of anilines is 1. The average Bonchev–Trinajstić information content (AvgIpc) is 2.84. The molecular formula is C15H20N2O4S. The maximum atomic E-state index is 12.2. The topological polar surface area (TPSA) is 83.6 Å². The van der Waals surface area contributed by atoms with E-state index in [4.69, 9.17) is 0 Å². The molecular weight excluding hydrogens is 304 g/mol. The van der Waals surface area contributed by atoms with E-state index in [2.05, 4.69) is 5.32 Å². The second-order valence-corrected chi connectivity index (χ2v) is 7.75. The third kappa shape index (κ3) is 3.85. The minimum Gasteiger partial charge on any atom is -0.376 e. The van der Waals surface area contributed by atoms with E-state index < -0.39 is 9.84 Å².